The number of thioether (sulfide) groups is 1. The predicted molar refractivity (Wildman–Crippen MR) is 153 cm³/mol. The average Bonchev–Trinajstić information content (AvgIpc) is 3.46. The smallest absolute Gasteiger partial charge is 0.310 e. The number of amides is 2. The first-order chi connectivity index (χ1) is 17.8. The first-order valence-corrected chi connectivity index (χ1v) is 15.0. The number of carbonyl (C=O) groups excluding carboxylic acids is 3. The summed E-state index contributed by atoms with van der Waals surface area (Å²) < 4.78 is 4.95. The van der Waals surface area contributed by atoms with Crippen molar-refractivity contribution in [2.75, 3.05) is 26.3 Å². The van der Waals surface area contributed by atoms with E-state index in [2.05, 4.69) is 47.8 Å². The molecule has 8 heteroatoms. The van der Waals surface area contributed by atoms with Crippen LogP contribution in [-0.2, 0) is 19.1 Å². The summed E-state index contributed by atoms with van der Waals surface area (Å²) >= 11 is 1.68. The van der Waals surface area contributed by atoms with Crippen LogP contribution in [0.25, 0.3) is 0 Å². The van der Waals surface area contributed by atoms with Crippen molar-refractivity contribution in [3.8, 4) is 0 Å². The van der Waals surface area contributed by atoms with Crippen molar-refractivity contribution in [1.82, 2.24) is 9.80 Å². The highest BCUT2D eigenvalue weighted by Gasteiger charge is 2.74. The van der Waals surface area contributed by atoms with Gasteiger partial charge in [-0.3, -0.25) is 14.4 Å². The van der Waals surface area contributed by atoms with Gasteiger partial charge in [0.25, 0.3) is 0 Å². The van der Waals surface area contributed by atoms with E-state index in [-0.39, 0.29) is 41.7 Å². The summed E-state index contributed by atoms with van der Waals surface area (Å²) in [5, 5.41) is 9.24. The molecule has 2 bridgehead atoms. The third kappa shape index (κ3) is 6.01. The predicted octanol–water partition coefficient (Wildman–Crippen LogP) is 4.59. The topological polar surface area (TPSA) is 87.1 Å². The molecule has 3 saturated heterocycles. The molecule has 3 fully saturated rings. The van der Waals surface area contributed by atoms with Crippen molar-refractivity contribution in [2.45, 2.75) is 101 Å². The lowest BCUT2D eigenvalue weighted by atomic mass is 9.71. The molecule has 214 valence electrons. The number of nitrogens with zero attached hydrogens (tertiary/aromatic N) is 2. The largest absolute Gasteiger partial charge is 0.465 e. The van der Waals surface area contributed by atoms with Gasteiger partial charge in [-0.2, -0.15) is 0 Å². The summed E-state index contributed by atoms with van der Waals surface area (Å²) in [7, 11) is 0. The highest BCUT2D eigenvalue weighted by molar-refractivity contribution is 8.02. The number of aliphatic hydroxyl groups is 1. The molecule has 2 unspecified atom stereocenters. The molecule has 0 aliphatic carbocycles. The van der Waals surface area contributed by atoms with Crippen molar-refractivity contribution < 1.29 is 24.2 Å². The molecule has 2 amide bonds. The number of likely N-dealkylation sites (tertiary alicyclic amines) is 1. The Morgan fingerprint density at radius 3 is 2.50 bits per heavy atom. The zero-order chi connectivity index (χ0) is 28.3. The van der Waals surface area contributed by atoms with Crippen molar-refractivity contribution in [2.24, 2.45) is 17.3 Å². The molecule has 0 aromatic rings. The third-order valence-electron chi connectivity index (χ3n) is 8.20. The molecule has 0 radical (unpaired) electrons. The number of rotatable bonds is 14. The van der Waals surface area contributed by atoms with E-state index in [1.54, 1.807) is 28.8 Å². The molecule has 3 rings (SSSR count). The monoisotopic (exact) mass is 548 g/mol. The Morgan fingerprint density at radius 2 is 1.89 bits per heavy atom. The van der Waals surface area contributed by atoms with Gasteiger partial charge in [0, 0.05) is 30.5 Å². The first kappa shape index (κ1) is 30.7. The molecule has 3 aliphatic rings. The van der Waals surface area contributed by atoms with E-state index in [0.717, 1.165) is 25.7 Å². The van der Waals surface area contributed by atoms with E-state index >= 15 is 0 Å². The van der Waals surface area contributed by atoms with Gasteiger partial charge >= 0.3 is 5.97 Å². The van der Waals surface area contributed by atoms with Crippen LogP contribution < -0.4 is 0 Å². The van der Waals surface area contributed by atoms with Gasteiger partial charge in [0.2, 0.25) is 11.8 Å². The Hall–Kier alpha value is -1.80. The Bertz CT molecular complexity index is 913. The van der Waals surface area contributed by atoms with E-state index in [1.165, 1.54) is 0 Å². The van der Waals surface area contributed by atoms with Gasteiger partial charge < -0.3 is 19.6 Å². The Balaban J connectivity index is 1.99. The standard InChI is InChI=1S/C30H48N2O5S/c1-8-10-19-37-27(36)22-21-14-15-30(38-21)23(22)25(34)31(17-12-11-13-18-33)24(30)26(35)32(16-9-2)29(6,7)20-28(3,4)5/h8-9,21-24,33H,1-2,10-20H2,3-7H3/t21-,22+,23+,24?,30?/m1/s1. The summed E-state index contributed by atoms with van der Waals surface area (Å²) in [6.07, 6.45) is 8.50. The number of ether oxygens (including phenoxy) is 1. The van der Waals surface area contributed by atoms with Crippen molar-refractivity contribution >= 4 is 29.5 Å². The molecule has 7 nitrogen and oxygen atoms in total. The number of aliphatic hydroxyl groups excluding tert-OH is 1. The quantitative estimate of drug-likeness (QED) is 0.194. The van der Waals surface area contributed by atoms with Crippen LogP contribution in [-0.4, -0.2) is 80.6 Å². The molecule has 38 heavy (non-hydrogen) atoms. The Labute approximate surface area is 233 Å². The molecule has 1 N–H and O–H groups in total. The van der Waals surface area contributed by atoms with Gasteiger partial charge in [-0.1, -0.05) is 32.9 Å². The average molecular weight is 549 g/mol. The fourth-order valence-corrected chi connectivity index (χ4v) is 9.36. The van der Waals surface area contributed by atoms with E-state index < -0.39 is 28.2 Å². The van der Waals surface area contributed by atoms with Crippen molar-refractivity contribution in [3.05, 3.63) is 25.3 Å². The van der Waals surface area contributed by atoms with E-state index in [9.17, 15) is 19.5 Å². The van der Waals surface area contributed by atoms with Gasteiger partial charge in [0.1, 0.15) is 6.04 Å². The van der Waals surface area contributed by atoms with E-state index in [0.29, 0.717) is 32.4 Å². The van der Waals surface area contributed by atoms with Crippen molar-refractivity contribution in [3.63, 3.8) is 0 Å². The van der Waals surface area contributed by atoms with Gasteiger partial charge in [0.05, 0.1) is 23.2 Å². The number of fused-ring (bicyclic) bond motifs is 1. The molecular formula is C30H48N2O5S. The Morgan fingerprint density at radius 1 is 1.18 bits per heavy atom. The number of carbonyl (C=O) groups is 3. The lowest BCUT2D eigenvalue weighted by molar-refractivity contribution is -0.154. The summed E-state index contributed by atoms with van der Waals surface area (Å²) in [4.78, 5) is 45.7. The molecule has 3 heterocycles. The second kappa shape index (κ2) is 12.2. The fraction of sp³-hybridized carbons (Fsp3) is 0.767. The molecule has 1 spiro atoms. The van der Waals surface area contributed by atoms with Gasteiger partial charge in [-0.25, -0.2) is 0 Å². The molecule has 5 atom stereocenters. The minimum atomic E-state index is -0.630. The molecule has 0 aromatic heterocycles. The molecule has 0 aromatic carbocycles. The molecule has 0 saturated carbocycles. The van der Waals surface area contributed by atoms with E-state index in [1.807, 2.05) is 4.90 Å². The second-order valence-corrected chi connectivity index (χ2v) is 14.5. The number of unbranched alkanes of at least 4 members (excludes halogenated alkanes) is 2. The maximum atomic E-state index is 14.6. The normalized spacial score (nSPS) is 28.4. The van der Waals surface area contributed by atoms with Gasteiger partial charge in [-0.05, 0) is 64.2 Å². The SMILES string of the molecule is C=CCCOC(=O)[C@@H]1[C@H]2C(=O)N(CCCCCO)C(C(=O)N(CC=C)C(C)(C)CC(C)(C)C)C23CC[C@H]1S3. The molecular weight excluding hydrogens is 500 g/mol. The van der Waals surface area contributed by atoms with Crippen LogP contribution in [0.1, 0.15) is 79.6 Å². The van der Waals surface area contributed by atoms with Crippen LogP contribution in [0.2, 0.25) is 0 Å². The summed E-state index contributed by atoms with van der Waals surface area (Å²) in [5.74, 6) is -1.55. The van der Waals surface area contributed by atoms with Crippen molar-refractivity contribution in [1.29, 1.82) is 0 Å². The Kier molecular flexibility index (Phi) is 9.83. The minimum absolute atomic E-state index is 0.000349. The van der Waals surface area contributed by atoms with Crippen LogP contribution in [0.5, 0.6) is 0 Å². The third-order valence-corrected chi connectivity index (χ3v) is 10.2. The zero-order valence-electron chi connectivity index (χ0n) is 24.0. The van der Waals surface area contributed by atoms with Crippen LogP contribution >= 0.6 is 11.8 Å². The van der Waals surface area contributed by atoms with E-state index in [4.69, 9.17) is 4.74 Å². The van der Waals surface area contributed by atoms with Crippen LogP contribution in [0.15, 0.2) is 25.3 Å². The summed E-state index contributed by atoms with van der Waals surface area (Å²) in [6, 6.07) is -0.630. The highest BCUT2D eigenvalue weighted by atomic mass is 32.2. The van der Waals surface area contributed by atoms with Crippen LogP contribution in [0.3, 0.4) is 0 Å². The first-order valence-electron chi connectivity index (χ1n) is 14.1. The number of esters is 1. The number of hydrogen-bond acceptors (Lipinski definition) is 6. The fourth-order valence-electron chi connectivity index (χ4n) is 7.16. The zero-order valence-corrected chi connectivity index (χ0v) is 24.9. The minimum Gasteiger partial charge on any atom is -0.465 e. The molecule has 3 aliphatic heterocycles. The maximum absolute atomic E-state index is 14.6. The highest BCUT2D eigenvalue weighted by Crippen LogP contribution is 2.66. The number of hydrogen-bond donors (Lipinski definition) is 1. The van der Waals surface area contributed by atoms with Gasteiger partial charge in [-0.15, -0.1) is 24.9 Å². The lowest BCUT2D eigenvalue weighted by Gasteiger charge is -2.46. The summed E-state index contributed by atoms with van der Waals surface area (Å²) in [5.41, 5.74) is -0.450. The summed E-state index contributed by atoms with van der Waals surface area (Å²) in [6.45, 7) is 19.5. The van der Waals surface area contributed by atoms with Crippen LogP contribution in [0, 0.1) is 17.3 Å². The van der Waals surface area contributed by atoms with Gasteiger partial charge in [0.15, 0.2) is 0 Å². The van der Waals surface area contributed by atoms with Crippen LogP contribution in [0.4, 0.5) is 0 Å². The maximum Gasteiger partial charge on any atom is 0.310 e. The lowest BCUT2D eigenvalue weighted by Crippen LogP contribution is -2.60. The second-order valence-electron chi connectivity index (χ2n) is 12.9.